The van der Waals surface area contributed by atoms with E-state index < -0.39 is 0 Å². The lowest BCUT2D eigenvalue weighted by Gasteiger charge is -2.27. The van der Waals surface area contributed by atoms with E-state index in [-0.39, 0.29) is 6.03 Å². The summed E-state index contributed by atoms with van der Waals surface area (Å²) in [5.74, 6) is 0.647. The van der Waals surface area contributed by atoms with Gasteiger partial charge in [-0.05, 0) is 34.9 Å². The van der Waals surface area contributed by atoms with E-state index in [2.05, 4.69) is 9.97 Å². The van der Waals surface area contributed by atoms with Crippen molar-refractivity contribution in [2.75, 3.05) is 46.2 Å². The molecular formula is C14H25N5O. The van der Waals surface area contributed by atoms with E-state index in [1.165, 1.54) is 0 Å². The van der Waals surface area contributed by atoms with Crippen molar-refractivity contribution < 1.29 is 4.79 Å². The van der Waals surface area contributed by atoms with Crippen LogP contribution in [0.25, 0.3) is 0 Å². The summed E-state index contributed by atoms with van der Waals surface area (Å²) in [4.78, 5) is 26.7. The van der Waals surface area contributed by atoms with Gasteiger partial charge < -0.3 is 9.80 Å². The highest BCUT2D eigenvalue weighted by Gasteiger charge is 2.22. The summed E-state index contributed by atoms with van der Waals surface area (Å²) in [6.07, 6.45) is 0. The van der Waals surface area contributed by atoms with Gasteiger partial charge in [-0.3, -0.25) is 9.88 Å². The van der Waals surface area contributed by atoms with Gasteiger partial charge >= 0.3 is 6.03 Å². The molecule has 0 saturated carbocycles. The monoisotopic (exact) mass is 279 g/mol. The topological polar surface area (TPSA) is 52.6 Å². The fourth-order valence-corrected chi connectivity index (χ4v) is 1.79. The molecule has 0 aliphatic rings. The van der Waals surface area contributed by atoms with Gasteiger partial charge in [-0.1, -0.05) is 0 Å². The van der Waals surface area contributed by atoms with Crippen LogP contribution >= 0.6 is 0 Å². The number of hydrogen-bond acceptors (Lipinski definition) is 4. The molecule has 1 heterocycles. The van der Waals surface area contributed by atoms with Gasteiger partial charge in [-0.2, -0.15) is 0 Å². The molecule has 0 aliphatic heterocycles. The van der Waals surface area contributed by atoms with Crippen molar-refractivity contribution >= 4 is 11.8 Å². The third kappa shape index (κ3) is 3.90. The van der Waals surface area contributed by atoms with Gasteiger partial charge in [0, 0.05) is 27.2 Å². The van der Waals surface area contributed by atoms with E-state index in [0.29, 0.717) is 12.4 Å². The van der Waals surface area contributed by atoms with Crippen molar-refractivity contribution in [1.29, 1.82) is 0 Å². The summed E-state index contributed by atoms with van der Waals surface area (Å²) < 4.78 is 0. The van der Waals surface area contributed by atoms with Crippen LogP contribution in [0.3, 0.4) is 0 Å². The molecule has 6 heteroatoms. The van der Waals surface area contributed by atoms with E-state index >= 15 is 0 Å². The molecule has 6 nitrogen and oxygen atoms in total. The molecule has 0 saturated heterocycles. The highest BCUT2D eigenvalue weighted by atomic mass is 16.2. The third-order valence-electron chi connectivity index (χ3n) is 3.10. The zero-order valence-electron chi connectivity index (χ0n) is 13.6. The average molecular weight is 279 g/mol. The standard InChI is InChI=1S/C14H25N5O/c1-10-11(2)16-13(12(3)15-10)19(9-8-17(4)5)14(20)18(6)7/h8-9H2,1-7H3. The maximum atomic E-state index is 12.4. The fraction of sp³-hybridized carbons (Fsp3) is 0.643. The first-order chi connectivity index (χ1) is 9.23. The number of likely N-dealkylation sites (N-methyl/N-ethyl adjacent to an activating group) is 1. The number of carbonyl (C=O) groups is 1. The van der Waals surface area contributed by atoms with Crippen LogP contribution in [-0.2, 0) is 0 Å². The van der Waals surface area contributed by atoms with Crippen LogP contribution in [0.4, 0.5) is 10.6 Å². The number of carbonyl (C=O) groups excluding carboxylic acids is 1. The van der Waals surface area contributed by atoms with Crippen LogP contribution in [0.5, 0.6) is 0 Å². The molecule has 0 fully saturated rings. The van der Waals surface area contributed by atoms with Crippen molar-refractivity contribution in [2.45, 2.75) is 20.8 Å². The van der Waals surface area contributed by atoms with Crippen molar-refractivity contribution in [3.05, 3.63) is 17.1 Å². The summed E-state index contributed by atoms with van der Waals surface area (Å²) >= 11 is 0. The van der Waals surface area contributed by atoms with Gasteiger partial charge in [0.1, 0.15) is 0 Å². The lowest BCUT2D eigenvalue weighted by atomic mass is 10.3. The number of aromatic nitrogens is 2. The minimum Gasteiger partial charge on any atom is -0.330 e. The summed E-state index contributed by atoms with van der Waals surface area (Å²) in [7, 11) is 7.46. The number of amides is 2. The van der Waals surface area contributed by atoms with Gasteiger partial charge in [0.25, 0.3) is 0 Å². The number of hydrogen-bond donors (Lipinski definition) is 0. The van der Waals surface area contributed by atoms with Gasteiger partial charge in [0.05, 0.1) is 17.1 Å². The number of aryl methyl sites for hydroxylation is 3. The predicted octanol–water partition coefficient (Wildman–Crippen LogP) is 1.45. The van der Waals surface area contributed by atoms with Gasteiger partial charge in [-0.15, -0.1) is 0 Å². The molecule has 0 aliphatic carbocycles. The molecule has 112 valence electrons. The van der Waals surface area contributed by atoms with E-state index in [9.17, 15) is 4.79 Å². The molecule has 0 spiro atoms. The number of urea groups is 1. The maximum absolute atomic E-state index is 12.4. The molecule has 20 heavy (non-hydrogen) atoms. The quantitative estimate of drug-likeness (QED) is 0.837. The molecular weight excluding hydrogens is 254 g/mol. The summed E-state index contributed by atoms with van der Waals surface area (Å²) in [5, 5.41) is 0. The molecule has 0 radical (unpaired) electrons. The van der Waals surface area contributed by atoms with Crippen LogP contribution in [0.2, 0.25) is 0 Å². The SMILES string of the molecule is Cc1nc(C)c(N(CCN(C)C)C(=O)N(C)C)nc1C. The number of anilines is 1. The minimum absolute atomic E-state index is 0.0764. The molecule has 1 rings (SSSR count). The van der Waals surface area contributed by atoms with Crippen LogP contribution < -0.4 is 4.90 Å². The molecule has 0 aromatic carbocycles. The lowest BCUT2D eigenvalue weighted by molar-refractivity contribution is 0.222. The maximum Gasteiger partial charge on any atom is 0.325 e. The van der Waals surface area contributed by atoms with Crippen molar-refractivity contribution in [1.82, 2.24) is 19.8 Å². The summed E-state index contributed by atoms with van der Waals surface area (Å²) in [6, 6.07) is -0.0764. The van der Waals surface area contributed by atoms with Gasteiger partial charge in [-0.25, -0.2) is 9.78 Å². The molecule has 1 aromatic rings. The van der Waals surface area contributed by atoms with Crippen LogP contribution in [-0.4, -0.2) is 67.1 Å². The highest BCUT2D eigenvalue weighted by Crippen LogP contribution is 2.18. The second-order valence-electron chi connectivity index (χ2n) is 5.44. The zero-order valence-corrected chi connectivity index (χ0v) is 13.6. The van der Waals surface area contributed by atoms with E-state index in [1.54, 1.807) is 23.9 Å². The number of rotatable bonds is 4. The van der Waals surface area contributed by atoms with Crippen LogP contribution in [0, 0.1) is 20.8 Å². The molecule has 2 amide bonds. The largest absolute Gasteiger partial charge is 0.330 e. The molecule has 0 bridgehead atoms. The molecule has 0 unspecified atom stereocenters. The van der Waals surface area contributed by atoms with Crippen LogP contribution in [0.1, 0.15) is 17.1 Å². The molecule has 0 N–H and O–H groups in total. The second kappa shape index (κ2) is 6.65. The first kappa shape index (κ1) is 16.4. The Morgan fingerprint density at radius 2 is 1.45 bits per heavy atom. The Labute approximate surface area is 121 Å². The van der Waals surface area contributed by atoms with Gasteiger partial charge in [0.2, 0.25) is 0 Å². The van der Waals surface area contributed by atoms with E-state index in [1.807, 2.05) is 39.8 Å². The van der Waals surface area contributed by atoms with Crippen molar-refractivity contribution in [3.63, 3.8) is 0 Å². The normalized spacial score (nSPS) is 10.8. The Hall–Kier alpha value is -1.69. The minimum atomic E-state index is -0.0764. The first-order valence-corrected chi connectivity index (χ1v) is 6.69. The van der Waals surface area contributed by atoms with Crippen molar-refractivity contribution in [3.8, 4) is 0 Å². The first-order valence-electron chi connectivity index (χ1n) is 6.69. The fourth-order valence-electron chi connectivity index (χ4n) is 1.79. The Morgan fingerprint density at radius 3 is 1.95 bits per heavy atom. The van der Waals surface area contributed by atoms with Crippen molar-refractivity contribution in [2.24, 2.45) is 0 Å². The van der Waals surface area contributed by atoms with Gasteiger partial charge in [0.15, 0.2) is 5.82 Å². The molecule has 1 aromatic heterocycles. The Morgan fingerprint density at radius 1 is 0.900 bits per heavy atom. The zero-order chi connectivity index (χ0) is 15.4. The highest BCUT2D eigenvalue weighted by molar-refractivity contribution is 5.91. The van der Waals surface area contributed by atoms with E-state index in [0.717, 1.165) is 23.6 Å². The van der Waals surface area contributed by atoms with E-state index in [4.69, 9.17) is 0 Å². The van der Waals surface area contributed by atoms with Crippen LogP contribution in [0.15, 0.2) is 0 Å². The second-order valence-corrected chi connectivity index (χ2v) is 5.44. The molecule has 0 atom stereocenters. The smallest absolute Gasteiger partial charge is 0.325 e. The summed E-state index contributed by atoms with van der Waals surface area (Å²) in [6.45, 7) is 7.09. The number of nitrogens with zero attached hydrogens (tertiary/aromatic N) is 5. The average Bonchev–Trinajstić information content (AvgIpc) is 2.34. The third-order valence-corrected chi connectivity index (χ3v) is 3.10. The Balaban J connectivity index is 3.16. The Bertz CT molecular complexity index is 485. The predicted molar refractivity (Wildman–Crippen MR) is 81.2 cm³/mol. The lowest BCUT2D eigenvalue weighted by Crippen LogP contribution is -2.43. The Kier molecular flexibility index (Phi) is 5.44. The summed E-state index contributed by atoms with van der Waals surface area (Å²) in [5.41, 5.74) is 2.53.